The quantitative estimate of drug-likeness (QED) is 0.534. The molecule has 1 fully saturated rings. The van der Waals surface area contributed by atoms with Crippen molar-refractivity contribution < 1.29 is 34.4 Å². The highest BCUT2D eigenvalue weighted by Crippen LogP contribution is 2.44. The Kier molecular flexibility index (Phi) is 8.23. The number of nitrogens with zero attached hydrogens (tertiary/aromatic N) is 4. The molecule has 0 saturated heterocycles. The number of hydrogen-bond acceptors (Lipinski definition) is 9. The number of aliphatic carboxylic acids is 2. The maximum absolute atomic E-state index is 10.3. The first-order chi connectivity index (χ1) is 16.7. The highest BCUT2D eigenvalue weighted by Gasteiger charge is 2.37. The van der Waals surface area contributed by atoms with E-state index >= 15 is 0 Å². The molecule has 1 saturated carbocycles. The number of fused-ring (bicyclic) bond motifs is 3. The minimum atomic E-state index is -1.82. The Labute approximate surface area is 203 Å². The highest BCUT2D eigenvalue weighted by atomic mass is 16.5. The third-order valence-corrected chi connectivity index (χ3v) is 5.87. The van der Waals surface area contributed by atoms with Crippen LogP contribution in [-0.2, 0) is 9.59 Å². The second-order valence-electron chi connectivity index (χ2n) is 8.42. The Morgan fingerprint density at radius 1 is 1.09 bits per heavy atom. The molecular weight excluding hydrogens is 456 g/mol. The number of aromatic nitrogens is 2. The standard InChI is InChI=1S/C22H28N4O3.C2H2O4/c1-5-29-20-9-15-16-8-14(27)6-7-18(16)25-21(17(15)10-19(20)28-4)13-11-23-22(24-12-13)26(2)3;3-1(4)2(5)6/h9-12,14,16,18,27H,5-8H2,1-4H3;(H,3,4)(H,5,6)/t14-,16-,18-;/m1./s1. The van der Waals surface area contributed by atoms with Crippen molar-refractivity contribution in [1.82, 2.24) is 9.97 Å². The smallest absolute Gasteiger partial charge is 0.414 e. The molecule has 1 aromatic heterocycles. The fourth-order valence-electron chi connectivity index (χ4n) is 4.28. The predicted molar refractivity (Wildman–Crippen MR) is 128 cm³/mol. The number of aliphatic hydroxyl groups excluding tert-OH is 1. The van der Waals surface area contributed by atoms with Crippen LogP contribution in [0.15, 0.2) is 29.5 Å². The molecule has 2 heterocycles. The summed E-state index contributed by atoms with van der Waals surface area (Å²) >= 11 is 0. The summed E-state index contributed by atoms with van der Waals surface area (Å²) < 4.78 is 11.4. The maximum Gasteiger partial charge on any atom is 0.414 e. The minimum absolute atomic E-state index is 0.136. The topological polar surface area (TPSA) is 155 Å². The van der Waals surface area contributed by atoms with Gasteiger partial charge in [0.15, 0.2) is 11.5 Å². The van der Waals surface area contributed by atoms with E-state index in [1.807, 2.05) is 44.4 Å². The molecule has 2 aromatic rings. The maximum atomic E-state index is 10.3. The zero-order valence-electron chi connectivity index (χ0n) is 20.1. The molecule has 0 radical (unpaired) electrons. The van der Waals surface area contributed by atoms with Crippen molar-refractivity contribution in [2.24, 2.45) is 4.99 Å². The van der Waals surface area contributed by atoms with Crippen molar-refractivity contribution in [3.8, 4) is 11.5 Å². The predicted octanol–water partition coefficient (Wildman–Crippen LogP) is 1.95. The number of carboxylic acids is 2. The zero-order valence-corrected chi connectivity index (χ0v) is 20.1. The zero-order chi connectivity index (χ0) is 25.7. The van der Waals surface area contributed by atoms with Crippen LogP contribution in [0.3, 0.4) is 0 Å². The van der Waals surface area contributed by atoms with Crippen LogP contribution in [0.2, 0.25) is 0 Å². The first-order valence-corrected chi connectivity index (χ1v) is 11.2. The Morgan fingerprint density at radius 3 is 2.29 bits per heavy atom. The van der Waals surface area contributed by atoms with Gasteiger partial charge in [0.1, 0.15) is 0 Å². The highest BCUT2D eigenvalue weighted by molar-refractivity contribution is 6.27. The first-order valence-electron chi connectivity index (χ1n) is 11.2. The van der Waals surface area contributed by atoms with E-state index in [0.29, 0.717) is 24.7 Å². The van der Waals surface area contributed by atoms with Crippen molar-refractivity contribution in [3.63, 3.8) is 0 Å². The molecule has 0 amide bonds. The number of carbonyl (C=O) groups is 2. The number of benzene rings is 1. The summed E-state index contributed by atoms with van der Waals surface area (Å²) in [6, 6.07) is 4.20. The van der Waals surface area contributed by atoms with E-state index in [2.05, 4.69) is 16.0 Å². The lowest BCUT2D eigenvalue weighted by Crippen LogP contribution is -2.34. The third-order valence-electron chi connectivity index (χ3n) is 5.87. The largest absolute Gasteiger partial charge is 0.493 e. The Hall–Kier alpha value is -3.73. The number of hydrogen-bond donors (Lipinski definition) is 3. The molecule has 35 heavy (non-hydrogen) atoms. The molecule has 0 unspecified atom stereocenters. The molecule has 4 rings (SSSR count). The number of aliphatic imine (C=N–C) groups is 1. The van der Waals surface area contributed by atoms with E-state index in [1.54, 1.807) is 7.11 Å². The molecule has 1 aromatic carbocycles. The van der Waals surface area contributed by atoms with Gasteiger partial charge < -0.3 is 29.7 Å². The fraction of sp³-hybridized carbons (Fsp3) is 0.458. The molecule has 0 bridgehead atoms. The van der Waals surface area contributed by atoms with Crippen LogP contribution in [-0.4, -0.2) is 82.9 Å². The molecule has 1 aliphatic carbocycles. The second kappa shape index (κ2) is 11.1. The lowest BCUT2D eigenvalue weighted by molar-refractivity contribution is -0.159. The van der Waals surface area contributed by atoms with Gasteiger partial charge in [0, 0.05) is 43.5 Å². The van der Waals surface area contributed by atoms with Crippen molar-refractivity contribution >= 4 is 23.6 Å². The van der Waals surface area contributed by atoms with Gasteiger partial charge in [0.25, 0.3) is 0 Å². The number of carboxylic acid groups (broad SMARTS) is 2. The Morgan fingerprint density at radius 2 is 1.74 bits per heavy atom. The van der Waals surface area contributed by atoms with Crippen LogP contribution < -0.4 is 14.4 Å². The summed E-state index contributed by atoms with van der Waals surface area (Å²) in [6.45, 7) is 2.52. The van der Waals surface area contributed by atoms with E-state index in [1.165, 1.54) is 0 Å². The molecule has 3 atom stereocenters. The third kappa shape index (κ3) is 5.86. The van der Waals surface area contributed by atoms with Crippen LogP contribution >= 0.6 is 0 Å². The van der Waals surface area contributed by atoms with E-state index < -0.39 is 11.9 Å². The number of rotatable bonds is 5. The summed E-state index contributed by atoms with van der Waals surface area (Å²) in [7, 11) is 5.48. The average molecular weight is 487 g/mol. The van der Waals surface area contributed by atoms with Crippen molar-refractivity contribution in [3.05, 3.63) is 41.2 Å². The number of ether oxygens (including phenoxy) is 2. The van der Waals surface area contributed by atoms with Crippen LogP contribution in [0.4, 0.5) is 5.95 Å². The Bertz CT molecular complexity index is 1090. The molecule has 11 heteroatoms. The van der Waals surface area contributed by atoms with Crippen LogP contribution in [0.25, 0.3) is 0 Å². The van der Waals surface area contributed by atoms with Crippen LogP contribution in [0, 0.1) is 0 Å². The van der Waals surface area contributed by atoms with E-state index in [0.717, 1.165) is 41.0 Å². The normalized spacial score (nSPS) is 20.3. The lowest BCUT2D eigenvalue weighted by atomic mass is 9.74. The molecule has 11 nitrogen and oxygen atoms in total. The molecular formula is C24H30N4O7. The van der Waals surface area contributed by atoms with Gasteiger partial charge in [-0.3, -0.25) is 4.99 Å². The van der Waals surface area contributed by atoms with E-state index in [4.69, 9.17) is 34.3 Å². The van der Waals surface area contributed by atoms with Gasteiger partial charge in [-0.15, -0.1) is 0 Å². The van der Waals surface area contributed by atoms with Gasteiger partial charge in [-0.2, -0.15) is 0 Å². The van der Waals surface area contributed by atoms with Gasteiger partial charge in [0.2, 0.25) is 5.95 Å². The van der Waals surface area contributed by atoms with E-state index in [9.17, 15) is 5.11 Å². The first kappa shape index (κ1) is 25.9. The van der Waals surface area contributed by atoms with Gasteiger partial charge in [-0.05, 0) is 43.9 Å². The average Bonchev–Trinajstić information content (AvgIpc) is 2.84. The molecule has 3 N–H and O–H groups in total. The number of anilines is 1. The van der Waals surface area contributed by atoms with Crippen molar-refractivity contribution in [2.45, 2.75) is 44.2 Å². The number of aliphatic hydroxyl groups is 1. The van der Waals surface area contributed by atoms with Gasteiger partial charge in [-0.1, -0.05) is 0 Å². The van der Waals surface area contributed by atoms with E-state index in [-0.39, 0.29) is 18.1 Å². The van der Waals surface area contributed by atoms with Crippen molar-refractivity contribution in [2.75, 3.05) is 32.7 Å². The molecule has 1 aliphatic heterocycles. The second-order valence-corrected chi connectivity index (χ2v) is 8.42. The lowest BCUT2D eigenvalue weighted by Gasteiger charge is -2.37. The summed E-state index contributed by atoms with van der Waals surface area (Å²) in [6.07, 6.45) is 5.71. The van der Waals surface area contributed by atoms with Crippen molar-refractivity contribution in [1.29, 1.82) is 0 Å². The van der Waals surface area contributed by atoms with Gasteiger partial charge in [-0.25, -0.2) is 19.6 Å². The molecule has 2 aliphatic rings. The fourth-order valence-corrected chi connectivity index (χ4v) is 4.28. The van der Waals surface area contributed by atoms with Gasteiger partial charge >= 0.3 is 11.9 Å². The summed E-state index contributed by atoms with van der Waals surface area (Å²) in [5.74, 6) is -1.41. The Balaban J connectivity index is 0.000000509. The van der Waals surface area contributed by atoms with Crippen LogP contribution in [0.1, 0.15) is 48.8 Å². The molecule has 0 spiro atoms. The monoisotopic (exact) mass is 486 g/mol. The minimum Gasteiger partial charge on any atom is -0.493 e. The summed E-state index contributed by atoms with van der Waals surface area (Å²) in [5.41, 5.74) is 3.92. The number of methoxy groups -OCH3 is 1. The SMILES string of the molecule is CCOc1cc2c(cc1OC)C(c1cnc(N(C)C)nc1)=N[C@@H]1CC[C@@H](O)C[C@H]21.O=C(O)C(=O)O. The van der Waals surface area contributed by atoms with Gasteiger partial charge in [0.05, 0.1) is 31.6 Å². The van der Waals surface area contributed by atoms with Crippen LogP contribution in [0.5, 0.6) is 11.5 Å². The summed E-state index contributed by atoms with van der Waals surface area (Å²) in [5, 5.41) is 25.1. The molecule has 188 valence electrons. The summed E-state index contributed by atoms with van der Waals surface area (Å²) in [4.78, 5) is 34.1.